The van der Waals surface area contributed by atoms with Crippen molar-refractivity contribution >= 4 is 27.8 Å². The molecule has 0 unspecified atom stereocenters. The summed E-state index contributed by atoms with van der Waals surface area (Å²) in [6, 6.07) is 56.2. The van der Waals surface area contributed by atoms with E-state index in [1.54, 1.807) is 0 Å². The molecule has 0 spiro atoms. The van der Waals surface area contributed by atoms with Crippen LogP contribution < -0.4 is 4.90 Å². The van der Waals surface area contributed by atoms with Crippen LogP contribution in [0.3, 0.4) is 0 Å². The highest BCUT2D eigenvalue weighted by atomic mass is 15.1. The van der Waals surface area contributed by atoms with E-state index < -0.39 is 0 Å². The van der Waals surface area contributed by atoms with E-state index in [4.69, 9.17) is 0 Å². The topological polar surface area (TPSA) is 3.24 Å². The second kappa shape index (κ2) is 10.0. The average Bonchev–Trinajstić information content (AvgIpc) is 3.48. The molecule has 9 rings (SSSR count). The zero-order valence-electron chi connectivity index (χ0n) is 27.4. The van der Waals surface area contributed by atoms with Crippen molar-refractivity contribution in [2.75, 3.05) is 4.90 Å². The molecule has 0 atom stereocenters. The molecule has 47 heavy (non-hydrogen) atoms. The van der Waals surface area contributed by atoms with E-state index >= 15 is 0 Å². The van der Waals surface area contributed by atoms with Crippen molar-refractivity contribution in [3.8, 4) is 33.4 Å². The summed E-state index contributed by atoms with van der Waals surface area (Å²) in [6.45, 7) is 9.48. The molecular weight excluding hydrogens is 567 g/mol. The molecule has 0 fully saturated rings. The van der Waals surface area contributed by atoms with Crippen molar-refractivity contribution in [3.05, 3.63) is 174 Å². The molecule has 7 aromatic carbocycles. The molecule has 0 aromatic heterocycles. The summed E-state index contributed by atoms with van der Waals surface area (Å²) in [5.41, 5.74) is 16.7. The highest BCUT2D eigenvalue weighted by molar-refractivity contribution is 6.03. The van der Waals surface area contributed by atoms with E-state index in [1.165, 1.54) is 77.8 Å². The molecule has 0 amide bonds. The van der Waals surface area contributed by atoms with Crippen LogP contribution in [0.2, 0.25) is 0 Å². The van der Waals surface area contributed by atoms with Crippen molar-refractivity contribution in [1.82, 2.24) is 0 Å². The van der Waals surface area contributed by atoms with E-state index in [0.717, 1.165) is 5.69 Å². The van der Waals surface area contributed by atoms with Gasteiger partial charge < -0.3 is 4.90 Å². The minimum Gasteiger partial charge on any atom is -0.310 e. The largest absolute Gasteiger partial charge is 0.310 e. The third-order valence-electron chi connectivity index (χ3n) is 10.9. The molecule has 0 saturated carbocycles. The van der Waals surface area contributed by atoms with Gasteiger partial charge >= 0.3 is 0 Å². The summed E-state index contributed by atoms with van der Waals surface area (Å²) in [7, 11) is 0. The van der Waals surface area contributed by atoms with Crippen LogP contribution in [0.4, 0.5) is 17.1 Å². The molecule has 1 heteroatoms. The Morgan fingerprint density at radius 2 is 0.936 bits per heavy atom. The highest BCUT2D eigenvalue weighted by Crippen LogP contribution is 2.54. The van der Waals surface area contributed by atoms with Gasteiger partial charge in [-0.1, -0.05) is 143 Å². The summed E-state index contributed by atoms with van der Waals surface area (Å²) < 4.78 is 0. The van der Waals surface area contributed by atoms with Gasteiger partial charge in [-0.25, -0.2) is 0 Å². The first-order valence-electron chi connectivity index (χ1n) is 16.7. The smallest absolute Gasteiger partial charge is 0.0465 e. The first-order chi connectivity index (χ1) is 22.8. The maximum Gasteiger partial charge on any atom is 0.0465 e. The standard InChI is InChI=1S/C46H37N/c1-45(2)40-17-11-10-16-37(40)38-25-23-34(28-42(38)45)47(33-21-18-31(19-22-33)30-12-6-5-7-13-30)35-24-26-39-43(29-35)46(3,4)41-27-20-32-14-8-9-15-36(32)44(39)41/h5-29H,1-4H3. The number of hydrogen-bond acceptors (Lipinski definition) is 1. The summed E-state index contributed by atoms with van der Waals surface area (Å²) in [5, 5.41) is 2.62. The number of nitrogens with zero attached hydrogens (tertiary/aromatic N) is 1. The summed E-state index contributed by atoms with van der Waals surface area (Å²) in [5.74, 6) is 0. The maximum atomic E-state index is 2.45. The molecule has 0 radical (unpaired) electrons. The van der Waals surface area contributed by atoms with Crippen molar-refractivity contribution in [1.29, 1.82) is 0 Å². The molecule has 2 aliphatic carbocycles. The Balaban J connectivity index is 1.23. The van der Waals surface area contributed by atoms with Crippen molar-refractivity contribution in [2.24, 2.45) is 0 Å². The predicted molar refractivity (Wildman–Crippen MR) is 199 cm³/mol. The van der Waals surface area contributed by atoms with Crippen LogP contribution in [0.1, 0.15) is 49.9 Å². The van der Waals surface area contributed by atoms with Crippen LogP contribution >= 0.6 is 0 Å². The van der Waals surface area contributed by atoms with E-state index in [2.05, 4.69) is 184 Å². The van der Waals surface area contributed by atoms with Gasteiger partial charge in [0, 0.05) is 27.9 Å². The van der Waals surface area contributed by atoms with Gasteiger partial charge in [0.05, 0.1) is 0 Å². The fourth-order valence-corrected chi connectivity index (χ4v) is 8.35. The summed E-state index contributed by atoms with van der Waals surface area (Å²) >= 11 is 0. The van der Waals surface area contributed by atoms with Gasteiger partial charge in [-0.05, 0) is 103 Å². The minimum absolute atomic E-state index is 0.0760. The number of rotatable bonds is 4. The second-order valence-corrected chi connectivity index (χ2v) is 14.2. The number of anilines is 3. The minimum atomic E-state index is -0.116. The highest BCUT2D eigenvalue weighted by Gasteiger charge is 2.38. The lowest BCUT2D eigenvalue weighted by Gasteiger charge is -2.30. The van der Waals surface area contributed by atoms with Crippen LogP contribution in [-0.4, -0.2) is 0 Å². The normalized spacial score (nSPS) is 14.7. The Kier molecular flexibility index (Phi) is 5.96. The second-order valence-electron chi connectivity index (χ2n) is 14.2. The predicted octanol–water partition coefficient (Wildman–Crippen LogP) is 12.6. The number of benzene rings is 7. The van der Waals surface area contributed by atoms with Crippen LogP contribution in [0.5, 0.6) is 0 Å². The Labute approximate surface area is 277 Å². The molecule has 1 nitrogen and oxygen atoms in total. The molecule has 0 heterocycles. The Bertz CT molecular complexity index is 2340. The summed E-state index contributed by atoms with van der Waals surface area (Å²) in [6.07, 6.45) is 0. The van der Waals surface area contributed by atoms with Gasteiger partial charge in [0.15, 0.2) is 0 Å². The lowest BCUT2D eigenvalue weighted by Crippen LogP contribution is -2.18. The van der Waals surface area contributed by atoms with Crippen LogP contribution in [0.25, 0.3) is 44.2 Å². The molecule has 0 saturated heterocycles. The van der Waals surface area contributed by atoms with Crippen molar-refractivity contribution in [2.45, 2.75) is 38.5 Å². The van der Waals surface area contributed by atoms with Gasteiger partial charge in [0.25, 0.3) is 0 Å². The molecule has 0 bridgehead atoms. The SMILES string of the molecule is CC1(C)c2ccccc2-c2ccc(N(c3ccc(-c4ccccc4)cc3)c3ccc4c(c3)C(C)(C)c3ccc5ccccc5c3-4)cc21. The zero-order chi connectivity index (χ0) is 31.9. The Morgan fingerprint density at radius 1 is 0.383 bits per heavy atom. The molecule has 226 valence electrons. The molecule has 0 aliphatic heterocycles. The molecule has 7 aromatic rings. The first-order valence-corrected chi connectivity index (χ1v) is 16.7. The van der Waals surface area contributed by atoms with Gasteiger partial charge in [-0.15, -0.1) is 0 Å². The van der Waals surface area contributed by atoms with Crippen molar-refractivity contribution < 1.29 is 0 Å². The maximum absolute atomic E-state index is 2.45. The number of hydrogen-bond donors (Lipinski definition) is 0. The van der Waals surface area contributed by atoms with E-state index in [-0.39, 0.29) is 10.8 Å². The van der Waals surface area contributed by atoms with Gasteiger partial charge in [-0.2, -0.15) is 0 Å². The van der Waals surface area contributed by atoms with Crippen LogP contribution in [-0.2, 0) is 10.8 Å². The molecular formula is C46H37N. The third-order valence-corrected chi connectivity index (χ3v) is 10.9. The zero-order valence-corrected chi connectivity index (χ0v) is 27.4. The summed E-state index contributed by atoms with van der Waals surface area (Å²) in [4.78, 5) is 2.45. The van der Waals surface area contributed by atoms with Gasteiger partial charge in [0.2, 0.25) is 0 Å². The van der Waals surface area contributed by atoms with Gasteiger partial charge in [-0.3, -0.25) is 0 Å². The Morgan fingerprint density at radius 3 is 1.70 bits per heavy atom. The van der Waals surface area contributed by atoms with Gasteiger partial charge in [0.1, 0.15) is 0 Å². The number of fused-ring (bicyclic) bond motifs is 8. The van der Waals surface area contributed by atoms with Crippen LogP contribution in [0.15, 0.2) is 152 Å². The van der Waals surface area contributed by atoms with E-state index in [0.29, 0.717) is 0 Å². The lowest BCUT2D eigenvalue weighted by atomic mass is 9.81. The van der Waals surface area contributed by atoms with E-state index in [9.17, 15) is 0 Å². The van der Waals surface area contributed by atoms with E-state index in [1.807, 2.05) is 0 Å². The lowest BCUT2D eigenvalue weighted by molar-refractivity contribution is 0.660. The quantitative estimate of drug-likeness (QED) is 0.193. The fraction of sp³-hybridized carbons (Fsp3) is 0.130. The fourth-order valence-electron chi connectivity index (χ4n) is 8.35. The molecule has 2 aliphatic rings. The van der Waals surface area contributed by atoms with Crippen LogP contribution in [0, 0.1) is 0 Å². The Hall–Kier alpha value is -5.40. The first kappa shape index (κ1) is 27.9. The molecule has 0 N–H and O–H groups in total. The third kappa shape index (κ3) is 4.09. The average molecular weight is 604 g/mol. The monoisotopic (exact) mass is 603 g/mol. The van der Waals surface area contributed by atoms with Crippen molar-refractivity contribution in [3.63, 3.8) is 0 Å².